The summed E-state index contributed by atoms with van der Waals surface area (Å²) in [5.74, 6) is 0.356. The molecule has 8 nitrogen and oxygen atoms in total. The van der Waals surface area contributed by atoms with Gasteiger partial charge in [-0.3, -0.25) is 9.59 Å². The number of hydrogen-bond acceptors (Lipinski definition) is 8. The molecule has 3 aromatic heterocycles. The van der Waals surface area contributed by atoms with Gasteiger partial charge in [-0.2, -0.15) is 0 Å². The van der Waals surface area contributed by atoms with Crippen molar-refractivity contribution < 1.29 is 9.59 Å². The van der Waals surface area contributed by atoms with Crippen LogP contribution in [0.25, 0.3) is 21.0 Å². The summed E-state index contributed by atoms with van der Waals surface area (Å²) in [7, 11) is 0. The number of amides is 1. The fourth-order valence-electron chi connectivity index (χ4n) is 4.27. The predicted octanol–water partition coefficient (Wildman–Crippen LogP) is 6.45. The van der Waals surface area contributed by atoms with E-state index in [1.807, 2.05) is 66.0 Å². The molecular weight excluding hydrogens is 496 g/mol. The number of aromatic nitrogens is 3. The SMILES string of the molecule is CCCCCC(=O)c1ccc(NCc2nc(NC(=O)c3nc(N)c4sccc4n3)cc3ccccc23)cc1. The Morgan fingerprint density at radius 1 is 0.974 bits per heavy atom. The van der Waals surface area contributed by atoms with Crippen molar-refractivity contribution in [3.05, 3.63) is 83.1 Å². The minimum Gasteiger partial charge on any atom is -0.382 e. The number of nitrogen functional groups attached to an aromatic ring is 1. The van der Waals surface area contributed by atoms with E-state index in [4.69, 9.17) is 10.7 Å². The van der Waals surface area contributed by atoms with E-state index in [0.717, 1.165) is 51.7 Å². The summed E-state index contributed by atoms with van der Waals surface area (Å²) in [5.41, 5.74) is 9.03. The fourth-order valence-corrected chi connectivity index (χ4v) is 5.00. The quantitative estimate of drug-likeness (QED) is 0.142. The molecule has 0 unspecified atom stereocenters. The Morgan fingerprint density at radius 3 is 2.61 bits per heavy atom. The Balaban J connectivity index is 1.32. The van der Waals surface area contributed by atoms with Crippen molar-refractivity contribution in [1.82, 2.24) is 15.0 Å². The standard InChI is InChI=1S/C29H28N6O2S/c1-2-3-4-9-24(36)18-10-12-20(13-11-18)31-17-23-21-8-6-5-7-19(21)16-25(32-23)34-29(37)28-33-22-14-15-38-26(22)27(30)35-28/h5-8,10-16,31H,2-4,9,17H2,1H3,(H2,30,33,35)(H,32,34,37). The highest BCUT2D eigenvalue weighted by atomic mass is 32.1. The lowest BCUT2D eigenvalue weighted by molar-refractivity contribution is 0.0977. The molecule has 9 heteroatoms. The molecular formula is C29H28N6O2S. The zero-order valence-electron chi connectivity index (χ0n) is 21.0. The number of carbonyl (C=O) groups is 2. The van der Waals surface area contributed by atoms with Crippen LogP contribution in [0.1, 0.15) is 59.3 Å². The van der Waals surface area contributed by atoms with Gasteiger partial charge < -0.3 is 16.4 Å². The minimum absolute atomic E-state index is 0.00707. The molecule has 2 aromatic carbocycles. The number of Topliss-reactive ketones (excluding diaryl/α,β-unsaturated/α-hetero) is 1. The van der Waals surface area contributed by atoms with Gasteiger partial charge in [0.05, 0.1) is 22.5 Å². The average Bonchev–Trinajstić information content (AvgIpc) is 3.42. The Morgan fingerprint density at radius 2 is 1.79 bits per heavy atom. The average molecular weight is 525 g/mol. The fraction of sp³-hybridized carbons (Fsp3) is 0.207. The van der Waals surface area contributed by atoms with Crippen LogP contribution in [-0.2, 0) is 6.54 Å². The number of hydrogen-bond donors (Lipinski definition) is 3. The van der Waals surface area contributed by atoms with Gasteiger partial charge in [0, 0.05) is 23.1 Å². The van der Waals surface area contributed by atoms with Gasteiger partial charge in [-0.05, 0) is 53.6 Å². The zero-order valence-corrected chi connectivity index (χ0v) is 21.8. The first-order valence-electron chi connectivity index (χ1n) is 12.6. The molecule has 0 fully saturated rings. The highest BCUT2D eigenvalue weighted by Crippen LogP contribution is 2.25. The molecule has 0 aliphatic carbocycles. The highest BCUT2D eigenvalue weighted by Gasteiger charge is 2.16. The van der Waals surface area contributed by atoms with Crippen LogP contribution < -0.4 is 16.4 Å². The Bertz CT molecular complexity index is 1610. The number of benzene rings is 2. The number of thiophene rings is 1. The topological polar surface area (TPSA) is 123 Å². The van der Waals surface area contributed by atoms with Crippen molar-refractivity contribution in [2.24, 2.45) is 0 Å². The first kappa shape index (κ1) is 25.3. The molecule has 5 rings (SSSR count). The van der Waals surface area contributed by atoms with E-state index < -0.39 is 5.91 Å². The maximum absolute atomic E-state index is 13.0. The molecule has 4 N–H and O–H groups in total. The monoisotopic (exact) mass is 524 g/mol. The molecule has 0 aliphatic heterocycles. The summed E-state index contributed by atoms with van der Waals surface area (Å²) < 4.78 is 0.757. The van der Waals surface area contributed by atoms with Crippen molar-refractivity contribution in [3.8, 4) is 0 Å². The van der Waals surface area contributed by atoms with Crippen molar-refractivity contribution in [3.63, 3.8) is 0 Å². The molecule has 0 atom stereocenters. The van der Waals surface area contributed by atoms with Gasteiger partial charge in [-0.1, -0.05) is 44.0 Å². The van der Waals surface area contributed by atoms with Gasteiger partial charge >= 0.3 is 0 Å². The molecule has 5 aromatic rings. The number of anilines is 3. The summed E-state index contributed by atoms with van der Waals surface area (Å²) in [4.78, 5) is 38.5. The molecule has 192 valence electrons. The predicted molar refractivity (Wildman–Crippen MR) is 154 cm³/mol. The van der Waals surface area contributed by atoms with Crippen LogP contribution >= 0.6 is 11.3 Å². The van der Waals surface area contributed by atoms with Crippen molar-refractivity contribution in [1.29, 1.82) is 0 Å². The number of rotatable bonds is 10. The third-order valence-electron chi connectivity index (χ3n) is 6.27. The molecule has 3 heterocycles. The van der Waals surface area contributed by atoms with Crippen molar-refractivity contribution >= 4 is 61.3 Å². The third kappa shape index (κ3) is 5.63. The largest absolute Gasteiger partial charge is 0.382 e. The number of carbonyl (C=O) groups excluding carboxylic acids is 2. The summed E-state index contributed by atoms with van der Waals surface area (Å²) >= 11 is 1.43. The first-order chi connectivity index (χ1) is 18.5. The van der Waals surface area contributed by atoms with E-state index in [-0.39, 0.29) is 17.4 Å². The molecule has 0 aliphatic rings. The van der Waals surface area contributed by atoms with E-state index >= 15 is 0 Å². The van der Waals surface area contributed by atoms with E-state index in [9.17, 15) is 9.59 Å². The first-order valence-corrected chi connectivity index (χ1v) is 13.5. The lowest BCUT2D eigenvalue weighted by Gasteiger charge is -2.12. The second-order valence-corrected chi connectivity index (χ2v) is 9.92. The van der Waals surface area contributed by atoms with E-state index in [1.54, 1.807) is 0 Å². The maximum Gasteiger partial charge on any atom is 0.294 e. The van der Waals surface area contributed by atoms with E-state index in [0.29, 0.717) is 24.3 Å². The van der Waals surface area contributed by atoms with Gasteiger partial charge in [0.2, 0.25) is 5.82 Å². The van der Waals surface area contributed by atoms with Crippen molar-refractivity contribution in [2.75, 3.05) is 16.4 Å². The second-order valence-electron chi connectivity index (χ2n) is 9.01. The van der Waals surface area contributed by atoms with Gasteiger partial charge in [0.15, 0.2) is 5.78 Å². The van der Waals surface area contributed by atoms with E-state index in [2.05, 4.69) is 27.5 Å². The number of nitrogens with two attached hydrogens (primary N) is 1. The Labute approximate surface area is 224 Å². The summed E-state index contributed by atoms with van der Waals surface area (Å²) in [6.45, 7) is 2.56. The number of ketones is 1. The number of unbranched alkanes of at least 4 members (excludes halogenated alkanes) is 2. The summed E-state index contributed by atoms with van der Waals surface area (Å²) in [6.07, 6.45) is 3.66. The minimum atomic E-state index is -0.481. The number of pyridine rings is 1. The molecule has 1 amide bonds. The van der Waals surface area contributed by atoms with Crippen LogP contribution in [0.3, 0.4) is 0 Å². The molecule has 0 spiro atoms. The van der Waals surface area contributed by atoms with E-state index in [1.165, 1.54) is 11.3 Å². The Kier molecular flexibility index (Phi) is 7.55. The maximum atomic E-state index is 13.0. The normalized spacial score (nSPS) is 11.1. The number of nitrogens with zero attached hydrogens (tertiary/aromatic N) is 3. The molecule has 38 heavy (non-hydrogen) atoms. The van der Waals surface area contributed by atoms with Crippen LogP contribution in [0.5, 0.6) is 0 Å². The zero-order chi connectivity index (χ0) is 26.5. The van der Waals surface area contributed by atoms with Crippen LogP contribution in [-0.4, -0.2) is 26.6 Å². The van der Waals surface area contributed by atoms with Crippen LogP contribution in [0.15, 0.2) is 66.0 Å². The smallest absolute Gasteiger partial charge is 0.294 e. The van der Waals surface area contributed by atoms with Gasteiger partial charge in [0.25, 0.3) is 5.91 Å². The number of nitrogens with one attached hydrogen (secondary N) is 2. The van der Waals surface area contributed by atoms with Crippen LogP contribution in [0.4, 0.5) is 17.3 Å². The Hall–Kier alpha value is -4.37. The molecule has 0 saturated carbocycles. The number of fused-ring (bicyclic) bond motifs is 2. The molecule has 0 saturated heterocycles. The van der Waals surface area contributed by atoms with Crippen LogP contribution in [0.2, 0.25) is 0 Å². The van der Waals surface area contributed by atoms with Crippen LogP contribution in [0, 0.1) is 0 Å². The van der Waals surface area contributed by atoms with Gasteiger partial charge in [-0.25, -0.2) is 15.0 Å². The molecule has 0 bridgehead atoms. The molecule has 0 radical (unpaired) electrons. The third-order valence-corrected chi connectivity index (χ3v) is 7.19. The van der Waals surface area contributed by atoms with Crippen molar-refractivity contribution in [2.45, 2.75) is 39.2 Å². The summed E-state index contributed by atoms with van der Waals surface area (Å²) in [6, 6.07) is 19.0. The second kappa shape index (κ2) is 11.4. The van der Waals surface area contributed by atoms with Gasteiger partial charge in [0.1, 0.15) is 11.6 Å². The van der Waals surface area contributed by atoms with Gasteiger partial charge in [-0.15, -0.1) is 11.3 Å². The summed E-state index contributed by atoms with van der Waals surface area (Å²) in [5, 5.41) is 9.98. The highest BCUT2D eigenvalue weighted by molar-refractivity contribution is 7.17. The lowest BCUT2D eigenvalue weighted by Crippen LogP contribution is -2.18. The lowest BCUT2D eigenvalue weighted by atomic mass is 10.0.